The second-order valence-corrected chi connectivity index (χ2v) is 2.61. The summed E-state index contributed by atoms with van der Waals surface area (Å²) in [6.45, 7) is 0. The number of nitrogens with one attached hydrogen (secondary N) is 1. The number of H-pyrrole nitrogens is 1. The number of hydrogen-bond acceptors (Lipinski definition) is 3. The fraction of sp³-hybridized carbons (Fsp3) is 0. The predicted molar refractivity (Wildman–Crippen MR) is 43.6 cm³/mol. The van der Waals surface area contributed by atoms with Crippen molar-refractivity contribution in [3.63, 3.8) is 0 Å². The number of nitriles is 1. The van der Waals surface area contributed by atoms with Crippen LogP contribution in [0.3, 0.4) is 0 Å². The molecule has 0 saturated carbocycles. The highest BCUT2D eigenvalue weighted by Crippen LogP contribution is 2.22. The fourth-order valence-corrected chi connectivity index (χ4v) is 1.22. The van der Waals surface area contributed by atoms with Gasteiger partial charge in [0.15, 0.2) is 5.65 Å². The van der Waals surface area contributed by atoms with Gasteiger partial charge in [0.05, 0.1) is 10.4 Å². The Morgan fingerprint density at radius 1 is 1.58 bits per heavy atom. The topological polar surface area (TPSA) is 65.4 Å². The van der Waals surface area contributed by atoms with Crippen LogP contribution in [0.25, 0.3) is 11.0 Å². The first-order valence-corrected chi connectivity index (χ1v) is 3.59. The summed E-state index contributed by atoms with van der Waals surface area (Å²) in [6, 6.07) is 3.57. The first-order valence-electron chi connectivity index (χ1n) is 3.21. The Balaban J connectivity index is 2.95. The molecule has 0 saturated heterocycles. The third kappa shape index (κ3) is 0.840. The first kappa shape index (κ1) is 7.07. The SMILES string of the molecule is N#Cc1[nH]nc2nccc(Cl)c12. The molecule has 0 unspecified atom stereocenters. The highest BCUT2D eigenvalue weighted by Gasteiger charge is 2.08. The molecule has 5 heteroatoms. The fourth-order valence-electron chi connectivity index (χ4n) is 0.990. The number of fused-ring (bicyclic) bond motifs is 1. The molecule has 0 spiro atoms. The predicted octanol–water partition coefficient (Wildman–Crippen LogP) is 1.48. The van der Waals surface area contributed by atoms with E-state index in [9.17, 15) is 0 Å². The Bertz CT molecular complexity index is 468. The molecule has 0 bridgehead atoms. The van der Waals surface area contributed by atoms with Gasteiger partial charge in [-0.2, -0.15) is 10.4 Å². The second kappa shape index (κ2) is 2.47. The molecular formula is C7H3ClN4. The maximum absolute atomic E-state index is 8.64. The number of aromatic amines is 1. The lowest BCUT2D eigenvalue weighted by Crippen LogP contribution is -1.76. The van der Waals surface area contributed by atoms with Crippen molar-refractivity contribution in [3.8, 4) is 6.07 Å². The number of aromatic nitrogens is 3. The number of halogens is 1. The van der Waals surface area contributed by atoms with Crippen molar-refractivity contribution < 1.29 is 0 Å². The molecule has 0 radical (unpaired) electrons. The Labute approximate surface area is 72.8 Å². The number of nitrogens with zero attached hydrogens (tertiary/aromatic N) is 3. The van der Waals surface area contributed by atoms with Crippen molar-refractivity contribution in [2.45, 2.75) is 0 Å². The van der Waals surface area contributed by atoms with Gasteiger partial charge in [0.25, 0.3) is 0 Å². The molecule has 2 rings (SSSR count). The van der Waals surface area contributed by atoms with Crippen molar-refractivity contribution in [3.05, 3.63) is 23.0 Å². The Morgan fingerprint density at radius 2 is 2.42 bits per heavy atom. The van der Waals surface area contributed by atoms with E-state index in [1.807, 2.05) is 6.07 Å². The van der Waals surface area contributed by atoms with E-state index < -0.39 is 0 Å². The van der Waals surface area contributed by atoms with Crippen LogP contribution < -0.4 is 0 Å². The molecule has 12 heavy (non-hydrogen) atoms. The molecule has 2 heterocycles. The zero-order valence-corrected chi connectivity index (χ0v) is 6.63. The minimum absolute atomic E-state index is 0.350. The van der Waals surface area contributed by atoms with Gasteiger partial charge in [-0.3, -0.25) is 5.10 Å². The summed E-state index contributed by atoms with van der Waals surface area (Å²) >= 11 is 5.83. The monoisotopic (exact) mass is 178 g/mol. The smallest absolute Gasteiger partial charge is 0.183 e. The van der Waals surface area contributed by atoms with Crippen molar-refractivity contribution in [1.29, 1.82) is 5.26 Å². The molecule has 1 N–H and O–H groups in total. The zero-order valence-electron chi connectivity index (χ0n) is 5.87. The van der Waals surface area contributed by atoms with E-state index in [2.05, 4.69) is 15.2 Å². The lowest BCUT2D eigenvalue weighted by molar-refractivity contribution is 1.08. The maximum Gasteiger partial charge on any atom is 0.183 e. The molecule has 0 aliphatic rings. The van der Waals surface area contributed by atoms with E-state index in [1.54, 1.807) is 12.3 Å². The molecule has 0 aliphatic carbocycles. The third-order valence-electron chi connectivity index (χ3n) is 1.52. The van der Waals surface area contributed by atoms with Crippen molar-refractivity contribution in [2.75, 3.05) is 0 Å². The summed E-state index contributed by atoms with van der Waals surface area (Å²) in [7, 11) is 0. The molecule has 4 nitrogen and oxygen atoms in total. The molecule has 2 aromatic heterocycles. The van der Waals surface area contributed by atoms with E-state index in [4.69, 9.17) is 16.9 Å². The van der Waals surface area contributed by atoms with E-state index in [0.717, 1.165) is 0 Å². The lowest BCUT2D eigenvalue weighted by atomic mass is 10.3. The Morgan fingerprint density at radius 3 is 3.17 bits per heavy atom. The summed E-state index contributed by atoms with van der Waals surface area (Å²) in [5.74, 6) is 0. The van der Waals surface area contributed by atoms with Gasteiger partial charge in [0, 0.05) is 6.20 Å². The van der Waals surface area contributed by atoms with Crippen LogP contribution in [0.5, 0.6) is 0 Å². The van der Waals surface area contributed by atoms with Gasteiger partial charge >= 0.3 is 0 Å². The largest absolute Gasteiger partial charge is 0.265 e. The van der Waals surface area contributed by atoms with Crippen LogP contribution in [0.4, 0.5) is 0 Å². The summed E-state index contributed by atoms with van der Waals surface area (Å²) < 4.78 is 0. The third-order valence-corrected chi connectivity index (χ3v) is 1.83. The van der Waals surface area contributed by atoms with Crippen LogP contribution in [0.2, 0.25) is 5.02 Å². The number of hydrogen-bond donors (Lipinski definition) is 1. The van der Waals surface area contributed by atoms with Gasteiger partial charge in [-0.15, -0.1) is 0 Å². The number of pyridine rings is 1. The number of rotatable bonds is 0. The van der Waals surface area contributed by atoms with Gasteiger partial charge < -0.3 is 0 Å². The molecule has 0 aliphatic heterocycles. The van der Waals surface area contributed by atoms with E-state index in [-0.39, 0.29) is 0 Å². The van der Waals surface area contributed by atoms with Crippen LogP contribution in [0, 0.1) is 11.3 Å². The van der Waals surface area contributed by atoms with Crippen molar-refractivity contribution in [1.82, 2.24) is 15.2 Å². The van der Waals surface area contributed by atoms with Crippen molar-refractivity contribution in [2.24, 2.45) is 0 Å². The molecule has 0 fully saturated rings. The quantitative estimate of drug-likeness (QED) is 0.665. The van der Waals surface area contributed by atoms with Gasteiger partial charge in [-0.1, -0.05) is 11.6 Å². The normalized spacial score (nSPS) is 10.0. The maximum atomic E-state index is 8.64. The van der Waals surface area contributed by atoms with E-state index >= 15 is 0 Å². The van der Waals surface area contributed by atoms with Gasteiger partial charge in [0.2, 0.25) is 0 Å². The second-order valence-electron chi connectivity index (χ2n) is 2.20. The molecule has 0 atom stereocenters. The molecular weight excluding hydrogens is 176 g/mol. The van der Waals surface area contributed by atoms with E-state index in [1.165, 1.54) is 0 Å². The zero-order chi connectivity index (χ0) is 8.55. The van der Waals surface area contributed by atoms with Crippen LogP contribution in [0.15, 0.2) is 12.3 Å². The molecule has 2 aromatic rings. The van der Waals surface area contributed by atoms with Crippen LogP contribution in [0.1, 0.15) is 5.69 Å². The average molecular weight is 179 g/mol. The summed E-state index contributed by atoms with van der Waals surface area (Å²) in [5, 5.41) is 16.1. The summed E-state index contributed by atoms with van der Waals surface area (Å²) in [6.07, 6.45) is 1.55. The molecule has 58 valence electrons. The van der Waals surface area contributed by atoms with Gasteiger partial charge in [0.1, 0.15) is 11.8 Å². The summed E-state index contributed by atoms with van der Waals surface area (Å²) in [5.41, 5.74) is 0.821. The minimum atomic E-state index is 0.350. The Hall–Kier alpha value is -1.60. The molecule has 0 amide bonds. The van der Waals surface area contributed by atoms with Crippen LogP contribution in [-0.4, -0.2) is 15.2 Å². The highest BCUT2D eigenvalue weighted by atomic mass is 35.5. The Kier molecular flexibility index (Phi) is 1.45. The van der Waals surface area contributed by atoms with E-state index in [0.29, 0.717) is 21.7 Å². The van der Waals surface area contributed by atoms with Crippen molar-refractivity contribution >= 4 is 22.6 Å². The standard InChI is InChI=1S/C7H3ClN4/c8-4-1-2-10-7-6(4)5(3-9)11-12-7/h1-2H,(H,10,11,12). The van der Waals surface area contributed by atoms with Crippen LogP contribution >= 0.6 is 11.6 Å². The van der Waals surface area contributed by atoms with Gasteiger partial charge in [-0.05, 0) is 6.07 Å². The van der Waals surface area contributed by atoms with Gasteiger partial charge in [-0.25, -0.2) is 4.98 Å². The average Bonchev–Trinajstić information content (AvgIpc) is 2.49. The highest BCUT2D eigenvalue weighted by molar-refractivity contribution is 6.35. The molecule has 0 aromatic carbocycles. The lowest BCUT2D eigenvalue weighted by Gasteiger charge is -1.89. The first-order chi connectivity index (χ1) is 5.83. The van der Waals surface area contributed by atoms with Crippen LogP contribution in [-0.2, 0) is 0 Å². The minimum Gasteiger partial charge on any atom is -0.265 e. The summed E-state index contributed by atoms with van der Waals surface area (Å²) in [4.78, 5) is 3.93.